The van der Waals surface area contributed by atoms with E-state index in [9.17, 15) is 0 Å². The largest absolute Gasteiger partial charge is 0.197 e. The highest BCUT2D eigenvalue weighted by Gasteiger charge is 2.06. The molecule has 11 heavy (non-hydrogen) atoms. The summed E-state index contributed by atoms with van der Waals surface area (Å²) in [6, 6.07) is 2.05. The molecule has 1 heterocycles. The Hall–Kier alpha value is -0.0200. The molecule has 1 aromatic heterocycles. The quantitative estimate of drug-likeness (QED) is 0.714. The van der Waals surface area contributed by atoms with Crippen LogP contribution in [0.25, 0.3) is 0 Å². The predicted octanol–water partition coefficient (Wildman–Crippen LogP) is 3.30. The van der Waals surface area contributed by atoms with Gasteiger partial charge in [-0.25, -0.2) is 0 Å². The first-order valence-electron chi connectivity index (χ1n) is 3.93. The Balaban J connectivity index is 2.36. The van der Waals surface area contributed by atoms with Crippen molar-refractivity contribution >= 4 is 24.2 Å². The van der Waals surface area contributed by atoms with Gasteiger partial charge in [0.05, 0.1) is 5.69 Å². The fourth-order valence-electron chi connectivity index (χ4n) is 0.939. The van der Waals surface area contributed by atoms with Crippen LogP contribution in [0.2, 0.25) is 0 Å². The number of rotatable bonds is 4. The topological polar surface area (TPSA) is 12.9 Å². The SMILES string of the molecule is CCCCC(S)c1ccsn1. The van der Waals surface area contributed by atoms with E-state index in [0.29, 0.717) is 5.25 Å². The molecule has 0 saturated carbocycles. The summed E-state index contributed by atoms with van der Waals surface area (Å²) in [5, 5.41) is 2.35. The van der Waals surface area contributed by atoms with Crippen molar-refractivity contribution in [2.75, 3.05) is 0 Å². The molecule has 3 heteroatoms. The van der Waals surface area contributed by atoms with Crippen LogP contribution < -0.4 is 0 Å². The first kappa shape index (κ1) is 9.07. The summed E-state index contributed by atoms with van der Waals surface area (Å²) in [7, 11) is 0. The van der Waals surface area contributed by atoms with E-state index in [0.717, 1.165) is 12.1 Å². The Bertz CT molecular complexity index is 184. The standard InChI is InChI=1S/C8H13NS2/c1-2-3-4-8(10)7-5-6-11-9-7/h5-6,8,10H,2-4H2,1H3. The van der Waals surface area contributed by atoms with E-state index < -0.39 is 0 Å². The van der Waals surface area contributed by atoms with Gasteiger partial charge in [-0.2, -0.15) is 17.0 Å². The molecule has 0 spiro atoms. The zero-order valence-electron chi connectivity index (χ0n) is 6.66. The smallest absolute Gasteiger partial charge is 0.0669 e. The van der Waals surface area contributed by atoms with E-state index in [1.165, 1.54) is 24.4 Å². The van der Waals surface area contributed by atoms with Gasteiger partial charge in [-0.3, -0.25) is 0 Å². The molecule has 0 N–H and O–H groups in total. The third kappa shape index (κ3) is 2.83. The molecule has 0 aliphatic rings. The summed E-state index contributed by atoms with van der Waals surface area (Å²) in [6.07, 6.45) is 3.62. The van der Waals surface area contributed by atoms with Crippen LogP contribution in [-0.2, 0) is 0 Å². The van der Waals surface area contributed by atoms with Gasteiger partial charge in [-0.15, -0.1) is 0 Å². The molecular weight excluding hydrogens is 174 g/mol. The summed E-state index contributed by atoms with van der Waals surface area (Å²) in [6.45, 7) is 2.20. The lowest BCUT2D eigenvalue weighted by atomic mass is 10.1. The Morgan fingerprint density at radius 3 is 3.09 bits per heavy atom. The normalized spacial score (nSPS) is 13.3. The van der Waals surface area contributed by atoms with Gasteiger partial charge in [-0.05, 0) is 24.0 Å². The van der Waals surface area contributed by atoms with Crippen molar-refractivity contribution in [3.05, 3.63) is 17.1 Å². The Labute approximate surface area is 77.4 Å². The monoisotopic (exact) mass is 187 g/mol. The van der Waals surface area contributed by atoms with Gasteiger partial charge in [-0.1, -0.05) is 19.8 Å². The molecule has 1 nitrogen and oxygen atoms in total. The lowest BCUT2D eigenvalue weighted by Gasteiger charge is -2.04. The second kappa shape index (κ2) is 4.78. The van der Waals surface area contributed by atoms with Gasteiger partial charge in [0.25, 0.3) is 0 Å². The molecule has 0 saturated heterocycles. The fraction of sp³-hybridized carbons (Fsp3) is 0.625. The average molecular weight is 187 g/mol. The predicted molar refractivity (Wildman–Crippen MR) is 53.4 cm³/mol. The lowest BCUT2D eigenvalue weighted by molar-refractivity contribution is 0.703. The van der Waals surface area contributed by atoms with Crippen LogP contribution in [-0.4, -0.2) is 4.37 Å². The molecule has 0 aliphatic carbocycles. The highest BCUT2D eigenvalue weighted by molar-refractivity contribution is 7.80. The van der Waals surface area contributed by atoms with Crippen LogP contribution in [0.3, 0.4) is 0 Å². The minimum absolute atomic E-state index is 0.348. The Morgan fingerprint density at radius 1 is 1.73 bits per heavy atom. The zero-order chi connectivity index (χ0) is 8.10. The molecule has 1 atom stereocenters. The maximum Gasteiger partial charge on any atom is 0.0669 e. The summed E-state index contributed by atoms with van der Waals surface area (Å²) in [5.41, 5.74) is 1.13. The van der Waals surface area contributed by atoms with E-state index >= 15 is 0 Å². The van der Waals surface area contributed by atoms with Crippen LogP contribution in [0.15, 0.2) is 11.4 Å². The van der Waals surface area contributed by atoms with Crippen LogP contribution in [0.1, 0.15) is 37.1 Å². The van der Waals surface area contributed by atoms with Gasteiger partial charge in [0.2, 0.25) is 0 Å². The van der Waals surface area contributed by atoms with Crippen molar-refractivity contribution in [1.29, 1.82) is 0 Å². The maximum atomic E-state index is 4.46. The summed E-state index contributed by atoms with van der Waals surface area (Å²) in [5.74, 6) is 0. The summed E-state index contributed by atoms with van der Waals surface area (Å²) < 4.78 is 4.23. The molecule has 1 aromatic rings. The minimum atomic E-state index is 0.348. The van der Waals surface area contributed by atoms with Crippen LogP contribution >= 0.6 is 24.2 Å². The number of unbranched alkanes of at least 4 members (excludes halogenated alkanes) is 1. The van der Waals surface area contributed by atoms with E-state index in [4.69, 9.17) is 0 Å². The van der Waals surface area contributed by atoms with Gasteiger partial charge < -0.3 is 0 Å². The molecule has 0 bridgehead atoms. The maximum absolute atomic E-state index is 4.46. The first-order chi connectivity index (χ1) is 5.34. The molecule has 0 fully saturated rings. The van der Waals surface area contributed by atoms with Crippen molar-refractivity contribution in [2.24, 2.45) is 0 Å². The molecule has 0 radical (unpaired) electrons. The Kier molecular flexibility index (Phi) is 3.94. The highest BCUT2D eigenvalue weighted by Crippen LogP contribution is 2.24. The van der Waals surface area contributed by atoms with Crippen LogP contribution in [0.4, 0.5) is 0 Å². The Morgan fingerprint density at radius 2 is 2.55 bits per heavy atom. The molecule has 62 valence electrons. The molecular formula is C8H13NS2. The highest BCUT2D eigenvalue weighted by atomic mass is 32.1. The van der Waals surface area contributed by atoms with Crippen molar-refractivity contribution in [2.45, 2.75) is 31.4 Å². The number of aromatic nitrogens is 1. The molecule has 0 aliphatic heterocycles. The molecule has 1 rings (SSSR count). The second-order valence-electron chi connectivity index (χ2n) is 2.58. The first-order valence-corrected chi connectivity index (χ1v) is 5.28. The summed E-state index contributed by atoms with van der Waals surface area (Å²) in [4.78, 5) is 0. The number of nitrogens with zero attached hydrogens (tertiary/aromatic N) is 1. The van der Waals surface area contributed by atoms with Crippen molar-refractivity contribution in [3.63, 3.8) is 0 Å². The fourth-order valence-corrected chi connectivity index (χ4v) is 1.91. The molecule has 0 amide bonds. The van der Waals surface area contributed by atoms with Gasteiger partial charge in [0.15, 0.2) is 0 Å². The van der Waals surface area contributed by atoms with E-state index in [-0.39, 0.29) is 0 Å². The third-order valence-electron chi connectivity index (χ3n) is 1.63. The third-order valence-corrected chi connectivity index (χ3v) is 2.73. The van der Waals surface area contributed by atoms with Gasteiger partial charge in [0.1, 0.15) is 0 Å². The van der Waals surface area contributed by atoms with E-state index in [1.807, 2.05) is 5.38 Å². The lowest BCUT2D eigenvalue weighted by Crippen LogP contribution is -1.89. The van der Waals surface area contributed by atoms with Crippen molar-refractivity contribution < 1.29 is 0 Å². The van der Waals surface area contributed by atoms with Gasteiger partial charge in [0, 0.05) is 10.6 Å². The summed E-state index contributed by atoms with van der Waals surface area (Å²) >= 11 is 5.97. The van der Waals surface area contributed by atoms with Crippen LogP contribution in [0.5, 0.6) is 0 Å². The average Bonchev–Trinajstić information content (AvgIpc) is 2.52. The number of hydrogen-bond donors (Lipinski definition) is 1. The van der Waals surface area contributed by atoms with Crippen LogP contribution in [0, 0.1) is 0 Å². The minimum Gasteiger partial charge on any atom is -0.197 e. The van der Waals surface area contributed by atoms with E-state index in [1.54, 1.807) is 0 Å². The number of hydrogen-bond acceptors (Lipinski definition) is 3. The number of thiol groups is 1. The second-order valence-corrected chi connectivity index (χ2v) is 3.87. The van der Waals surface area contributed by atoms with Crippen molar-refractivity contribution in [1.82, 2.24) is 4.37 Å². The van der Waals surface area contributed by atoms with Gasteiger partial charge >= 0.3 is 0 Å². The van der Waals surface area contributed by atoms with E-state index in [2.05, 4.69) is 30.0 Å². The molecule has 1 unspecified atom stereocenters. The molecule has 0 aromatic carbocycles. The zero-order valence-corrected chi connectivity index (χ0v) is 8.37. The van der Waals surface area contributed by atoms with Crippen molar-refractivity contribution in [3.8, 4) is 0 Å².